The van der Waals surface area contributed by atoms with Gasteiger partial charge in [0, 0.05) is 32.1 Å². The number of benzene rings is 1. The highest BCUT2D eigenvalue weighted by atomic mass is 32.2. The standard InChI is InChI=1S/C25H31N3O2S2/c1-4-5-8-13-28-24(30)21(32-25(28)31)16-19-22(27-14-11-17(2)12-15-27)18-9-6-7-10-20(18)26(3)23(19)29/h6-7,9-10,16-17H,4-5,8,11-15H2,1-3H3. The van der Waals surface area contributed by atoms with Crippen molar-refractivity contribution in [3.8, 4) is 0 Å². The number of carbonyl (C=O) groups excluding carboxylic acids is 1. The van der Waals surface area contributed by atoms with Crippen LogP contribution in [0, 0.1) is 5.92 Å². The zero-order valence-corrected chi connectivity index (χ0v) is 20.7. The van der Waals surface area contributed by atoms with Crippen molar-refractivity contribution >= 4 is 56.9 Å². The first-order chi connectivity index (χ1) is 15.4. The Balaban J connectivity index is 1.81. The van der Waals surface area contributed by atoms with Crippen LogP contribution in [0.2, 0.25) is 0 Å². The van der Waals surface area contributed by atoms with Gasteiger partial charge < -0.3 is 9.47 Å². The highest BCUT2D eigenvalue weighted by Crippen LogP contribution is 2.37. The van der Waals surface area contributed by atoms with Gasteiger partial charge in [0.25, 0.3) is 11.5 Å². The Morgan fingerprint density at radius 3 is 2.59 bits per heavy atom. The molecule has 2 aliphatic heterocycles. The Labute approximate surface area is 199 Å². The smallest absolute Gasteiger partial charge is 0.266 e. The Morgan fingerprint density at radius 1 is 1.16 bits per heavy atom. The summed E-state index contributed by atoms with van der Waals surface area (Å²) in [5.74, 6) is 0.608. The van der Waals surface area contributed by atoms with Crippen molar-refractivity contribution in [1.82, 2.24) is 9.47 Å². The van der Waals surface area contributed by atoms with Gasteiger partial charge in [0.05, 0.1) is 21.7 Å². The predicted octanol–water partition coefficient (Wildman–Crippen LogP) is 5.17. The minimum Gasteiger partial charge on any atom is -0.370 e. The summed E-state index contributed by atoms with van der Waals surface area (Å²) in [4.78, 5) is 31.2. The van der Waals surface area contributed by atoms with Gasteiger partial charge in [0.2, 0.25) is 0 Å². The van der Waals surface area contributed by atoms with Crippen LogP contribution in [0.5, 0.6) is 0 Å². The van der Waals surface area contributed by atoms with Crippen molar-refractivity contribution < 1.29 is 4.79 Å². The summed E-state index contributed by atoms with van der Waals surface area (Å²) in [6.07, 6.45) is 7.09. The topological polar surface area (TPSA) is 45.6 Å². The van der Waals surface area contributed by atoms with E-state index in [0.29, 0.717) is 27.3 Å². The first-order valence-corrected chi connectivity index (χ1v) is 12.8. The normalized spacial score (nSPS) is 19.0. The average Bonchev–Trinajstić information content (AvgIpc) is 3.06. The average molecular weight is 470 g/mol. The zero-order chi connectivity index (χ0) is 22.8. The van der Waals surface area contributed by atoms with Crippen LogP contribution in [-0.2, 0) is 11.8 Å². The number of fused-ring (bicyclic) bond motifs is 1. The lowest BCUT2D eigenvalue weighted by Crippen LogP contribution is -2.35. The number of hydrogen-bond acceptors (Lipinski definition) is 5. The molecular formula is C25H31N3O2S2. The molecule has 2 aliphatic rings. The summed E-state index contributed by atoms with van der Waals surface area (Å²) in [5, 5.41) is 1.05. The molecule has 0 bridgehead atoms. The van der Waals surface area contributed by atoms with Crippen LogP contribution < -0.4 is 10.5 Å². The number of nitrogens with zero attached hydrogens (tertiary/aromatic N) is 3. The lowest BCUT2D eigenvalue weighted by molar-refractivity contribution is -0.122. The molecule has 0 unspecified atom stereocenters. The number of para-hydroxylation sites is 1. The number of piperidine rings is 1. The summed E-state index contributed by atoms with van der Waals surface area (Å²) in [6.45, 7) is 6.89. The quantitative estimate of drug-likeness (QED) is 0.332. The van der Waals surface area contributed by atoms with Gasteiger partial charge in [-0.15, -0.1) is 0 Å². The number of aryl methyl sites for hydroxylation is 1. The highest BCUT2D eigenvalue weighted by molar-refractivity contribution is 8.26. The Hall–Kier alpha value is -2.12. The van der Waals surface area contributed by atoms with Crippen LogP contribution >= 0.6 is 24.0 Å². The van der Waals surface area contributed by atoms with Crippen LogP contribution in [0.3, 0.4) is 0 Å². The molecule has 0 aliphatic carbocycles. The molecule has 2 saturated heterocycles. The molecule has 4 rings (SSSR count). The van der Waals surface area contributed by atoms with Gasteiger partial charge >= 0.3 is 0 Å². The van der Waals surface area contributed by atoms with Crippen LogP contribution in [0.25, 0.3) is 17.0 Å². The highest BCUT2D eigenvalue weighted by Gasteiger charge is 2.32. The van der Waals surface area contributed by atoms with Gasteiger partial charge in [-0.3, -0.25) is 14.5 Å². The molecule has 170 valence electrons. The lowest BCUT2D eigenvalue weighted by atomic mass is 9.97. The minimum atomic E-state index is -0.0791. The van der Waals surface area contributed by atoms with Crippen molar-refractivity contribution in [3.05, 3.63) is 45.1 Å². The number of aromatic nitrogens is 1. The number of carbonyl (C=O) groups is 1. The van der Waals surface area contributed by atoms with E-state index < -0.39 is 0 Å². The molecule has 2 aromatic rings. The van der Waals surface area contributed by atoms with Gasteiger partial charge in [-0.05, 0) is 37.3 Å². The van der Waals surface area contributed by atoms with Crippen molar-refractivity contribution in [2.75, 3.05) is 24.5 Å². The van der Waals surface area contributed by atoms with Crippen LogP contribution in [-0.4, -0.2) is 39.3 Å². The largest absolute Gasteiger partial charge is 0.370 e. The minimum absolute atomic E-state index is 0.0754. The van der Waals surface area contributed by atoms with Crippen molar-refractivity contribution in [1.29, 1.82) is 0 Å². The van der Waals surface area contributed by atoms with E-state index >= 15 is 0 Å². The summed E-state index contributed by atoms with van der Waals surface area (Å²) < 4.78 is 2.28. The number of hydrogen-bond donors (Lipinski definition) is 0. The van der Waals surface area contributed by atoms with Gasteiger partial charge in [-0.1, -0.05) is 68.9 Å². The SMILES string of the molecule is CCCCCN1C(=O)C(=Cc2c(N3CCC(C)CC3)c3ccccc3n(C)c2=O)SC1=S. The van der Waals surface area contributed by atoms with E-state index in [0.717, 1.165) is 61.8 Å². The summed E-state index contributed by atoms with van der Waals surface area (Å²) in [5.41, 5.74) is 2.38. The molecular weight excluding hydrogens is 438 g/mol. The number of amides is 1. The molecule has 32 heavy (non-hydrogen) atoms. The molecule has 0 atom stereocenters. The van der Waals surface area contributed by atoms with Crippen molar-refractivity contribution in [2.24, 2.45) is 13.0 Å². The van der Waals surface area contributed by atoms with Gasteiger partial charge in [-0.2, -0.15) is 0 Å². The molecule has 0 spiro atoms. The van der Waals surface area contributed by atoms with Crippen molar-refractivity contribution in [2.45, 2.75) is 46.0 Å². The number of thioether (sulfide) groups is 1. The summed E-state index contributed by atoms with van der Waals surface area (Å²) in [6, 6.07) is 8.05. The van der Waals surface area contributed by atoms with Gasteiger partial charge in [-0.25, -0.2) is 0 Å². The molecule has 0 N–H and O–H groups in total. The van der Waals surface area contributed by atoms with Gasteiger partial charge in [0.15, 0.2) is 0 Å². The monoisotopic (exact) mass is 469 g/mol. The molecule has 1 aromatic carbocycles. The van der Waals surface area contributed by atoms with E-state index in [1.807, 2.05) is 18.2 Å². The second-order valence-electron chi connectivity index (χ2n) is 8.85. The van der Waals surface area contributed by atoms with Crippen molar-refractivity contribution in [3.63, 3.8) is 0 Å². The number of rotatable bonds is 6. The Kier molecular flexibility index (Phi) is 7.05. The zero-order valence-electron chi connectivity index (χ0n) is 19.1. The number of thiocarbonyl (C=S) groups is 1. The number of pyridine rings is 1. The molecule has 1 amide bonds. The van der Waals surface area contributed by atoms with Crippen LogP contribution in [0.1, 0.15) is 51.5 Å². The first-order valence-electron chi connectivity index (χ1n) is 11.5. The van der Waals surface area contributed by atoms with Gasteiger partial charge in [0.1, 0.15) is 4.32 Å². The molecule has 3 heterocycles. The van der Waals surface area contributed by atoms with E-state index in [9.17, 15) is 9.59 Å². The fourth-order valence-corrected chi connectivity index (χ4v) is 5.84. The van der Waals surface area contributed by atoms with E-state index in [1.165, 1.54) is 11.8 Å². The second kappa shape index (κ2) is 9.79. The van der Waals surface area contributed by atoms with E-state index in [2.05, 4.69) is 24.8 Å². The van der Waals surface area contributed by atoms with E-state index in [-0.39, 0.29) is 11.5 Å². The maximum absolute atomic E-state index is 13.5. The Bertz CT molecular complexity index is 1130. The summed E-state index contributed by atoms with van der Waals surface area (Å²) >= 11 is 6.81. The number of unbranched alkanes of at least 4 members (excludes halogenated alkanes) is 2. The Morgan fingerprint density at radius 2 is 1.88 bits per heavy atom. The molecule has 0 radical (unpaired) electrons. The second-order valence-corrected chi connectivity index (χ2v) is 10.5. The maximum atomic E-state index is 13.5. The predicted molar refractivity (Wildman–Crippen MR) is 139 cm³/mol. The van der Waals surface area contributed by atoms with Crippen LogP contribution in [0.15, 0.2) is 34.0 Å². The maximum Gasteiger partial charge on any atom is 0.266 e. The molecule has 5 nitrogen and oxygen atoms in total. The molecule has 2 fully saturated rings. The fourth-order valence-electron chi connectivity index (χ4n) is 4.55. The third kappa shape index (κ3) is 4.37. The third-order valence-corrected chi connectivity index (χ3v) is 7.92. The fraction of sp³-hybridized carbons (Fsp3) is 0.480. The number of anilines is 1. The van der Waals surface area contributed by atoms with E-state index in [4.69, 9.17) is 12.2 Å². The molecule has 7 heteroatoms. The van der Waals surface area contributed by atoms with E-state index in [1.54, 1.807) is 22.6 Å². The third-order valence-electron chi connectivity index (χ3n) is 6.54. The molecule has 0 saturated carbocycles. The first kappa shape index (κ1) is 23.1. The lowest BCUT2D eigenvalue weighted by Gasteiger charge is -2.34. The molecule has 1 aromatic heterocycles. The summed E-state index contributed by atoms with van der Waals surface area (Å²) in [7, 11) is 1.81. The van der Waals surface area contributed by atoms with Crippen LogP contribution in [0.4, 0.5) is 5.69 Å².